The molecule has 1 saturated carbocycles. The maximum atomic E-state index is 13.8. The first-order valence-electron chi connectivity index (χ1n) is 7.40. The van der Waals surface area contributed by atoms with Crippen LogP contribution in [0.3, 0.4) is 0 Å². The number of amides is 1. The molecule has 2 aliphatic rings. The molecule has 1 aliphatic carbocycles. The van der Waals surface area contributed by atoms with Gasteiger partial charge in [0.2, 0.25) is 5.91 Å². The average Bonchev–Trinajstić information content (AvgIpc) is 2.37. The molecule has 20 heavy (non-hydrogen) atoms. The van der Waals surface area contributed by atoms with Crippen LogP contribution in [0.15, 0.2) is 18.3 Å². The Hall–Kier alpha value is -1.65. The number of halogens is 1. The van der Waals surface area contributed by atoms with Crippen LogP contribution in [-0.2, 0) is 4.79 Å². The summed E-state index contributed by atoms with van der Waals surface area (Å²) in [5.41, 5.74) is 0. The van der Waals surface area contributed by atoms with E-state index in [1.54, 1.807) is 12.3 Å². The smallest absolute Gasteiger partial charge is 0.223 e. The SMILES string of the molecule is O=C(NC1CCCN(c2ncccc2F)C1)C1CCC1. The summed E-state index contributed by atoms with van der Waals surface area (Å²) in [7, 11) is 0. The molecule has 1 aromatic heterocycles. The Morgan fingerprint density at radius 3 is 2.90 bits per heavy atom. The second-order valence-electron chi connectivity index (χ2n) is 5.73. The van der Waals surface area contributed by atoms with E-state index >= 15 is 0 Å². The summed E-state index contributed by atoms with van der Waals surface area (Å²) in [4.78, 5) is 18.0. The van der Waals surface area contributed by atoms with Gasteiger partial charge in [-0.05, 0) is 37.8 Å². The molecule has 1 aromatic rings. The molecule has 4 nitrogen and oxygen atoms in total. The second-order valence-corrected chi connectivity index (χ2v) is 5.73. The summed E-state index contributed by atoms with van der Waals surface area (Å²) in [5, 5.41) is 3.11. The lowest BCUT2D eigenvalue weighted by molar-refractivity contribution is -0.128. The van der Waals surface area contributed by atoms with Gasteiger partial charge < -0.3 is 10.2 Å². The fourth-order valence-electron chi connectivity index (χ4n) is 2.89. The molecule has 3 rings (SSSR count). The third-order valence-electron chi connectivity index (χ3n) is 4.28. The van der Waals surface area contributed by atoms with Gasteiger partial charge in [-0.3, -0.25) is 4.79 Å². The van der Waals surface area contributed by atoms with Crippen LogP contribution in [-0.4, -0.2) is 30.0 Å². The number of carbonyl (C=O) groups is 1. The van der Waals surface area contributed by atoms with Crippen molar-refractivity contribution in [1.29, 1.82) is 0 Å². The molecule has 0 spiro atoms. The number of aromatic nitrogens is 1. The number of hydrogen-bond donors (Lipinski definition) is 1. The zero-order valence-electron chi connectivity index (χ0n) is 11.5. The molecule has 5 heteroatoms. The predicted octanol–water partition coefficient (Wildman–Crippen LogP) is 2.11. The maximum absolute atomic E-state index is 13.8. The van der Waals surface area contributed by atoms with Gasteiger partial charge in [0.15, 0.2) is 11.6 Å². The zero-order valence-corrected chi connectivity index (χ0v) is 11.5. The number of piperidine rings is 1. The van der Waals surface area contributed by atoms with Crippen LogP contribution >= 0.6 is 0 Å². The molecule has 0 radical (unpaired) electrons. The number of carbonyl (C=O) groups excluding carboxylic acids is 1. The van der Waals surface area contributed by atoms with E-state index in [-0.39, 0.29) is 23.7 Å². The number of rotatable bonds is 3. The predicted molar refractivity (Wildman–Crippen MR) is 74.9 cm³/mol. The van der Waals surface area contributed by atoms with Crippen molar-refractivity contribution in [2.45, 2.75) is 38.1 Å². The summed E-state index contributed by atoms with van der Waals surface area (Å²) < 4.78 is 13.8. The molecule has 1 unspecified atom stereocenters. The van der Waals surface area contributed by atoms with Gasteiger partial charge in [-0.15, -0.1) is 0 Å². The van der Waals surface area contributed by atoms with Gasteiger partial charge in [0, 0.05) is 31.2 Å². The highest BCUT2D eigenvalue weighted by atomic mass is 19.1. The van der Waals surface area contributed by atoms with Crippen LogP contribution in [0.5, 0.6) is 0 Å². The van der Waals surface area contributed by atoms with Gasteiger partial charge in [-0.2, -0.15) is 0 Å². The Morgan fingerprint density at radius 1 is 1.35 bits per heavy atom. The van der Waals surface area contributed by atoms with Crippen molar-refractivity contribution in [1.82, 2.24) is 10.3 Å². The van der Waals surface area contributed by atoms with Gasteiger partial charge in [-0.1, -0.05) is 6.42 Å². The molecule has 1 saturated heterocycles. The fraction of sp³-hybridized carbons (Fsp3) is 0.600. The molecule has 1 N–H and O–H groups in total. The minimum absolute atomic E-state index is 0.109. The summed E-state index contributed by atoms with van der Waals surface area (Å²) >= 11 is 0. The third kappa shape index (κ3) is 2.76. The molecule has 0 bridgehead atoms. The van der Waals surface area contributed by atoms with Crippen molar-refractivity contribution in [2.24, 2.45) is 5.92 Å². The minimum atomic E-state index is -0.293. The summed E-state index contributed by atoms with van der Waals surface area (Å²) in [6.07, 6.45) is 6.70. The summed E-state index contributed by atoms with van der Waals surface area (Å²) in [6.45, 7) is 1.44. The summed E-state index contributed by atoms with van der Waals surface area (Å²) in [5.74, 6) is 0.482. The van der Waals surface area contributed by atoms with Crippen LogP contribution < -0.4 is 10.2 Å². The highest BCUT2D eigenvalue weighted by molar-refractivity contribution is 5.79. The van der Waals surface area contributed by atoms with Gasteiger partial charge in [0.05, 0.1) is 0 Å². The van der Waals surface area contributed by atoms with E-state index in [0.29, 0.717) is 12.4 Å². The Kier molecular flexibility index (Phi) is 3.85. The Bertz CT molecular complexity index is 490. The lowest BCUT2D eigenvalue weighted by atomic mass is 9.84. The topological polar surface area (TPSA) is 45.2 Å². The first-order valence-corrected chi connectivity index (χ1v) is 7.40. The van der Waals surface area contributed by atoms with Crippen molar-refractivity contribution in [3.63, 3.8) is 0 Å². The highest BCUT2D eigenvalue weighted by Crippen LogP contribution is 2.27. The monoisotopic (exact) mass is 277 g/mol. The highest BCUT2D eigenvalue weighted by Gasteiger charge is 2.29. The number of pyridine rings is 1. The average molecular weight is 277 g/mol. The number of nitrogens with one attached hydrogen (secondary N) is 1. The maximum Gasteiger partial charge on any atom is 0.223 e. The Balaban J connectivity index is 1.61. The molecule has 0 aromatic carbocycles. The van der Waals surface area contributed by atoms with Gasteiger partial charge in [0.25, 0.3) is 0 Å². The molecule has 2 heterocycles. The van der Waals surface area contributed by atoms with Crippen LogP contribution in [0.25, 0.3) is 0 Å². The molecule has 1 aliphatic heterocycles. The molecule has 1 atom stereocenters. The van der Waals surface area contributed by atoms with E-state index in [9.17, 15) is 9.18 Å². The lowest BCUT2D eigenvalue weighted by Crippen LogP contribution is -2.50. The van der Waals surface area contributed by atoms with E-state index < -0.39 is 0 Å². The molecule has 1 amide bonds. The van der Waals surface area contributed by atoms with Crippen molar-refractivity contribution in [3.05, 3.63) is 24.1 Å². The summed E-state index contributed by atoms with van der Waals surface area (Å²) in [6, 6.07) is 3.13. The Labute approximate surface area is 118 Å². The number of hydrogen-bond acceptors (Lipinski definition) is 3. The van der Waals surface area contributed by atoms with E-state index in [1.165, 1.54) is 6.07 Å². The van der Waals surface area contributed by atoms with Crippen molar-refractivity contribution in [2.75, 3.05) is 18.0 Å². The van der Waals surface area contributed by atoms with Crippen molar-refractivity contribution < 1.29 is 9.18 Å². The van der Waals surface area contributed by atoms with Crippen molar-refractivity contribution >= 4 is 11.7 Å². The minimum Gasteiger partial charge on any atom is -0.352 e. The normalized spacial score (nSPS) is 23.2. The van der Waals surface area contributed by atoms with E-state index in [4.69, 9.17) is 0 Å². The molecular weight excluding hydrogens is 257 g/mol. The first kappa shape index (κ1) is 13.3. The van der Waals surface area contributed by atoms with Crippen LogP contribution in [0, 0.1) is 11.7 Å². The van der Waals surface area contributed by atoms with E-state index in [2.05, 4.69) is 10.3 Å². The van der Waals surface area contributed by atoms with Crippen LogP contribution in [0.4, 0.5) is 10.2 Å². The quantitative estimate of drug-likeness (QED) is 0.920. The second kappa shape index (κ2) is 5.77. The van der Waals surface area contributed by atoms with E-state index in [1.807, 2.05) is 4.90 Å². The van der Waals surface area contributed by atoms with Crippen LogP contribution in [0.2, 0.25) is 0 Å². The fourth-order valence-corrected chi connectivity index (χ4v) is 2.89. The zero-order chi connectivity index (χ0) is 13.9. The van der Waals surface area contributed by atoms with Gasteiger partial charge in [0.1, 0.15) is 0 Å². The Morgan fingerprint density at radius 2 is 2.20 bits per heavy atom. The van der Waals surface area contributed by atoms with Gasteiger partial charge in [-0.25, -0.2) is 9.37 Å². The van der Waals surface area contributed by atoms with E-state index in [0.717, 1.165) is 38.6 Å². The molecular formula is C15H20FN3O. The first-order chi connectivity index (χ1) is 9.74. The molecule has 108 valence electrons. The largest absolute Gasteiger partial charge is 0.352 e. The molecule has 2 fully saturated rings. The number of anilines is 1. The lowest BCUT2D eigenvalue weighted by Gasteiger charge is -2.35. The van der Waals surface area contributed by atoms with Crippen molar-refractivity contribution in [3.8, 4) is 0 Å². The number of nitrogens with zero attached hydrogens (tertiary/aromatic N) is 2. The van der Waals surface area contributed by atoms with Gasteiger partial charge >= 0.3 is 0 Å². The third-order valence-corrected chi connectivity index (χ3v) is 4.28. The standard InChI is InChI=1S/C15H20FN3O/c16-13-7-2-8-17-14(13)19-9-3-6-12(10-19)18-15(20)11-4-1-5-11/h2,7-8,11-12H,1,3-6,9-10H2,(H,18,20). The van der Waals surface area contributed by atoms with Crippen LogP contribution in [0.1, 0.15) is 32.1 Å².